The number of aliphatic hydroxyl groups excluding tert-OH is 1. The van der Waals surface area contributed by atoms with Gasteiger partial charge in [-0.1, -0.05) is 19.9 Å². The summed E-state index contributed by atoms with van der Waals surface area (Å²) in [6.07, 6.45) is 1.59. The minimum atomic E-state index is -0.360. The number of hydrogen-bond donors (Lipinski definition) is 3. The molecule has 0 atom stereocenters. The van der Waals surface area contributed by atoms with Gasteiger partial charge in [0.25, 0.3) is 0 Å². The van der Waals surface area contributed by atoms with Crippen molar-refractivity contribution >= 4 is 17.1 Å². The SMILES string of the molecule is CCNc1cccc(NCC(C)(C)CCCO)c1[N+](=O)[O-]. The van der Waals surface area contributed by atoms with Crippen LogP contribution in [0.5, 0.6) is 0 Å². The number of nitrogens with one attached hydrogen (secondary N) is 2. The Morgan fingerprint density at radius 2 is 1.90 bits per heavy atom. The molecule has 1 rings (SSSR count). The molecule has 6 heteroatoms. The summed E-state index contributed by atoms with van der Waals surface area (Å²) < 4.78 is 0. The molecule has 0 aromatic heterocycles. The van der Waals surface area contributed by atoms with Crippen LogP contribution in [0.25, 0.3) is 0 Å². The molecule has 1 aromatic carbocycles. The topological polar surface area (TPSA) is 87.4 Å². The Kier molecular flexibility index (Phi) is 6.42. The van der Waals surface area contributed by atoms with Gasteiger partial charge in [0.2, 0.25) is 0 Å². The number of nitro groups is 1. The Hall–Kier alpha value is -1.82. The van der Waals surface area contributed by atoms with Crippen LogP contribution in [0.1, 0.15) is 33.6 Å². The fraction of sp³-hybridized carbons (Fsp3) is 0.600. The van der Waals surface area contributed by atoms with Crippen LogP contribution in [-0.4, -0.2) is 29.7 Å². The van der Waals surface area contributed by atoms with Crippen molar-refractivity contribution in [2.75, 3.05) is 30.3 Å². The summed E-state index contributed by atoms with van der Waals surface area (Å²) in [5, 5.41) is 26.4. The van der Waals surface area contributed by atoms with E-state index in [0.717, 1.165) is 12.8 Å². The van der Waals surface area contributed by atoms with E-state index < -0.39 is 0 Å². The molecule has 118 valence electrons. The van der Waals surface area contributed by atoms with Gasteiger partial charge < -0.3 is 15.7 Å². The second-order valence-electron chi connectivity index (χ2n) is 5.83. The van der Waals surface area contributed by atoms with Crippen molar-refractivity contribution in [1.82, 2.24) is 0 Å². The fourth-order valence-electron chi connectivity index (χ4n) is 2.20. The molecule has 6 nitrogen and oxygen atoms in total. The van der Waals surface area contributed by atoms with Crippen LogP contribution >= 0.6 is 0 Å². The Morgan fingerprint density at radius 3 is 2.43 bits per heavy atom. The molecule has 0 aliphatic rings. The minimum Gasteiger partial charge on any atom is -0.396 e. The van der Waals surface area contributed by atoms with Crippen LogP contribution in [0.15, 0.2) is 18.2 Å². The second-order valence-corrected chi connectivity index (χ2v) is 5.83. The van der Waals surface area contributed by atoms with E-state index in [1.54, 1.807) is 18.2 Å². The highest BCUT2D eigenvalue weighted by atomic mass is 16.6. The van der Waals surface area contributed by atoms with Crippen molar-refractivity contribution in [3.63, 3.8) is 0 Å². The van der Waals surface area contributed by atoms with Crippen molar-refractivity contribution in [2.45, 2.75) is 33.6 Å². The van der Waals surface area contributed by atoms with Crippen LogP contribution < -0.4 is 10.6 Å². The average molecular weight is 295 g/mol. The smallest absolute Gasteiger partial charge is 0.315 e. The fourth-order valence-corrected chi connectivity index (χ4v) is 2.20. The summed E-state index contributed by atoms with van der Waals surface area (Å²) in [5.74, 6) is 0. The zero-order chi connectivity index (χ0) is 15.9. The number of aliphatic hydroxyl groups is 1. The largest absolute Gasteiger partial charge is 0.396 e. The van der Waals surface area contributed by atoms with E-state index in [0.29, 0.717) is 24.5 Å². The van der Waals surface area contributed by atoms with Crippen molar-refractivity contribution < 1.29 is 10.0 Å². The average Bonchev–Trinajstić information content (AvgIpc) is 2.43. The first-order chi connectivity index (χ1) is 9.91. The number of nitro benzene ring substituents is 1. The first-order valence-corrected chi connectivity index (χ1v) is 7.27. The van der Waals surface area contributed by atoms with Crippen LogP contribution in [0.3, 0.4) is 0 Å². The van der Waals surface area contributed by atoms with E-state index in [9.17, 15) is 10.1 Å². The number of anilines is 2. The van der Waals surface area contributed by atoms with Crippen molar-refractivity contribution in [1.29, 1.82) is 0 Å². The van der Waals surface area contributed by atoms with Gasteiger partial charge in [-0.25, -0.2) is 0 Å². The first kappa shape index (κ1) is 17.2. The predicted octanol–water partition coefficient (Wildman–Crippen LogP) is 3.24. The van der Waals surface area contributed by atoms with Crippen molar-refractivity contribution in [2.24, 2.45) is 5.41 Å². The van der Waals surface area contributed by atoms with E-state index in [1.807, 2.05) is 6.92 Å². The second kappa shape index (κ2) is 7.83. The van der Waals surface area contributed by atoms with E-state index in [4.69, 9.17) is 5.11 Å². The molecule has 0 heterocycles. The molecule has 0 saturated carbocycles. The summed E-state index contributed by atoms with van der Waals surface area (Å²) in [5.41, 5.74) is 1.10. The molecule has 1 aromatic rings. The molecule has 0 saturated heterocycles. The van der Waals surface area contributed by atoms with Crippen molar-refractivity contribution in [3.8, 4) is 0 Å². The first-order valence-electron chi connectivity index (χ1n) is 7.27. The molecule has 0 bridgehead atoms. The maximum absolute atomic E-state index is 11.3. The van der Waals surface area contributed by atoms with E-state index >= 15 is 0 Å². The summed E-state index contributed by atoms with van der Waals surface area (Å²) in [7, 11) is 0. The van der Waals surface area contributed by atoms with Crippen LogP contribution in [0.2, 0.25) is 0 Å². The normalized spacial score (nSPS) is 11.2. The summed E-state index contributed by atoms with van der Waals surface area (Å²) in [6, 6.07) is 5.23. The molecule has 0 radical (unpaired) electrons. The van der Waals surface area contributed by atoms with Gasteiger partial charge in [0.15, 0.2) is 0 Å². The van der Waals surface area contributed by atoms with Gasteiger partial charge in [-0.05, 0) is 37.3 Å². The highest BCUT2D eigenvalue weighted by molar-refractivity contribution is 5.76. The van der Waals surface area contributed by atoms with E-state index in [-0.39, 0.29) is 22.6 Å². The van der Waals surface area contributed by atoms with Gasteiger partial charge in [-0.2, -0.15) is 0 Å². The molecule has 0 fully saturated rings. The Balaban J connectivity index is 2.88. The Morgan fingerprint density at radius 1 is 1.29 bits per heavy atom. The highest BCUT2D eigenvalue weighted by Gasteiger charge is 2.22. The molecule has 3 N–H and O–H groups in total. The lowest BCUT2D eigenvalue weighted by Crippen LogP contribution is -2.23. The van der Waals surface area contributed by atoms with Gasteiger partial charge >= 0.3 is 5.69 Å². The predicted molar refractivity (Wildman–Crippen MR) is 85.9 cm³/mol. The summed E-state index contributed by atoms with van der Waals surface area (Å²) >= 11 is 0. The number of para-hydroxylation sites is 1. The number of nitrogens with zero attached hydrogens (tertiary/aromatic N) is 1. The zero-order valence-electron chi connectivity index (χ0n) is 13.0. The standard InChI is InChI=1S/C15H25N3O3/c1-4-16-12-7-5-8-13(14(12)18(20)21)17-11-15(2,3)9-6-10-19/h5,7-8,16-17,19H,4,6,9-11H2,1-3H3. The third-order valence-electron chi connectivity index (χ3n) is 3.35. The van der Waals surface area contributed by atoms with Crippen LogP contribution in [0, 0.1) is 15.5 Å². The molecule has 0 spiro atoms. The molecular weight excluding hydrogens is 270 g/mol. The van der Waals surface area contributed by atoms with Gasteiger partial charge in [0.1, 0.15) is 11.4 Å². The molecular formula is C15H25N3O3. The molecule has 0 aliphatic carbocycles. The lowest BCUT2D eigenvalue weighted by molar-refractivity contribution is -0.383. The maximum atomic E-state index is 11.3. The lowest BCUT2D eigenvalue weighted by Gasteiger charge is -2.25. The monoisotopic (exact) mass is 295 g/mol. The van der Waals surface area contributed by atoms with Crippen molar-refractivity contribution in [3.05, 3.63) is 28.3 Å². The minimum absolute atomic E-state index is 0.0369. The van der Waals surface area contributed by atoms with E-state index in [2.05, 4.69) is 24.5 Å². The Bertz CT molecular complexity index is 475. The summed E-state index contributed by atoms with van der Waals surface area (Å²) in [6.45, 7) is 7.47. The number of benzene rings is 1. The van der Waals surface area contributed by atoms with Gasteiger partial charge in [-0.3, -0.25) is 10.1 Å². The van der Waals surface area contributed by atoms with Gasteiger partial charge in [0, 0.05) is 19.7 Å². The zero-order valence-corrected chi connectivity index (χ0v) is 13.0. The lowest BCUT2D eigenvalue weighted by atomic mass is 9.88. The third-order valence-corrected chi connectivity index (χ3v) is 3.35. The number of rotatable bonds is 9. The maximum Gasteiger partial charge on any atom is 0.315 e. The summed E-state index contributed by atoms with van der Waals surface area (Å²) in [4.78, 5) is 10.9. The quantitative estimate of drug-likeness (QED) is 0.481. The Labute approximate surface area is 125 Å². The third kappa shape index (κ3) is 5.23. The number of hydrogen-bond acceptors (Lipinski definition) is 5. The van der Waals surface area contributed by atoms with Crippen LogP contribution in [-0.2, 0) is 0 Å². The van der Waals surface area contributed by atoms with Gasteiger partial charge in [-0.15, -0.1) is 0 Å². The van der Waals surface area contributed by atoms with Crippen LogP contribution in [0.4, 0.5) is 17.1 Å². The van der Waals surface area contributed by atoms with Gasteiger partial charge in [0.05, 0.1) is 4.92 Å². The van der Waals surface area contributed by atoms with E-state index in [1.165, 1.54) is 0 Å². The molecule has 21 heavy (non-hydrogen) atoms. The highest BCUT2D eigenvalue weighted by Crippen LogP contribution is 2.34. The molecule has 0 unspecified atom stereocenters. The molecule has 0 aliphatic heterocycles. The molecule has 0 amide bonds.